The van der Waals surface area contributed by atoms with Gasteiger partial charge in [0, 0.05) is 24.4 Å². The number of halogens is 3. The van der Waals surface area contributed by atoms with Crippen LogP contribution in [0.4, 0.5) is 30.6 Å². The second kappa shape index (κ2) is 6.83. The normalized spacial score (nSPS) is 11.7. The summed E-state index contributed by atoms with van der Waals surface area (Å²) in [6, 6.07) is 8.65. The number of aromatic nitrogens is 5. The molecule has 4 aromatic rings. The molecule has 0 unspecified atom stereocenters. The molecule has 11 heteroatoms. The van der Waals surface area contributed by atoms with Gasteiger partial charge >= 0.3 is 6.18 Å². The third kappa shape index (κ3) is 3.87. The van der Waals surface area contributed by atoms with Gasteiger partial charge in [-0.1, -0.05) is 0 Å². The third-order valence-electron chi connectivity index (χ3n) is 3.79. The van der Waals surface area contributed by atoms with Crippen LogP contribution in [-0.4, -0.2) is 37.9 Å². The Kier molecular flexibility index (Phi) is 4.34. The molecule has 0 atom stereocenters. The number of rotatable bonds is 5. The van der Waals surface area contributed by atoms with Gasteiger partial charge in [0.1, 0.15) is 18.0 Å². The largest absolute Gasteiger partial charge is 0.421 e. The van der Waals surface area contributed by atoms with Crippen molar-refractivity contribution in [2.24, 2.45) is 0 Å². The van der Waals surface area contributed by atoms with Crippen LogP contribution in [0.2, 0.25) is 0 Å². The topological polar surface area (TPSA) is 105 Å². The van der Waals surface area contributed by atoms with Crippen molar-refractivity contribution >= 4 is 28.5 Å². The second-order valence-corrected chi connectivity index (χ2v) is 5.93. The lowest BCUT2D eigenvalue weighted by Crippen LogP contribution is -2.22. The highest BCUT2D eigenvalue weighted by Gasteiger charge is 2.27. The van der Waals surface area contributed by atoms with E-state index in [4.69, 9.17) is 4.42 Å². The fraction of sp³-hybridized carbons (Fsp3) is 0.176. The van der Waals surface area contributed by atoms with Gasteiger partial charge in [-0.2, -0.15) is 23.1 Å². The summed E-state index contributed by atoms with van der Waals surface area (Å²) >= 11 is 0. The van der Waals surface area contributed by atoms with E-state index in [0.29, 0.717) is 28.5 Å². The molecular weight excluding hydrogens is 375 g/mol. The minimum atomic E-state index is -4.36. The molecule has 3 aromatic heterocycles. The molecule has 0 amide bonds. The smallest absolute Gasteiger partial charge is 0.405 e. The van der Waals surface area contributed by atoms with Crippen LogP contribution in [-0.2, 0) is 0 Å². The number of alkyl halides is 3. The van der Waals surface area contributed by atoms with Crippen molar-refractivity contribution in [3.8, 4) is 11.5 Å². The van der Waals surface area contributed by atoms with Crippen LogP contribution in [0.5, 0.6) is 0 Å². The zero-order valence-corrected chi connectivity index (χ0v) is 14.5. The molecule has 0 saturated carbocycles. The van der Waals surface area contributed by atoms with Crippen LogP contribution in [0.25, 0.3) is 22.5 Å². The number of H-pyrrole nitrogens is 1. The molecule has 0 fully saturated rings. The minimum absolute atomic E-state index is 0.0871. The maximum atomic E-state index is 12.5. The lowest BCUT2D eigenvalue weighted by molar-refractivity contribution is -0.115. The van der Waals surface area contributed by atoms with Gasteiger partial charge in [0.15, 0.2) is 0 Å². The predicted molar refractivity (Wildman–Crippen MR) is 96.2 cm³/mol. The Bertz CT molecular complexity index is 1100. The first-order chi connectivity index (χ1) is 13.4. The Hall–Kier alpha value is -3.63. The van der Waals surface area contributed by atoms with Gasteiger partial charge in [0.25, 0.3) is 0 Å². The summed E-state index contributed by atoms with van der Waals surface area (Å²) in [5.74, 6) is 1.10. The summed E-state index contributed by atoms with van der Waals surface area (Å²) in [6.07, 6.45) is -2.77. The number of nitrogens with one attached hydrogen (secondary N) is 3. The number of hydrogen-bond donors (Lipinski definition) is 3. The summed E-state index contributed by atoms with van der Waals surface area (Å²) in [7, 11) is 0. The van der Waals surface area contributed by atoms with Crippen molar-refractivity contribution in [2.45, 2.75) is 13.1 Å². The fourth-order valence-corrected chi connectivity index (χ4v) is 2.55. The molecule has 4 rings (SSSR count). The number of anilines is 3. The van der Waals surface area contributed by atoms with Crippen LogP contribution in [0.3, 0.4) is 0 Å². The Balaban J connectivity index is 1.57. The molecule has 3 N–H and O–H groups in total. The maximum absolute atomic E-state index is 12.5. The molecule has 0 spiro atoms. The van der Waals surface area contributed by atoms with E-state index in [1.165, 1.54) is 0 Å². The standard InChI is InChI=1S/C17H14F3N7O/c1-9-26-27-15(28-9)10-2-4-11(5-3-10)23-16-24-13-12(6-7-21-13)14(25-16)22-8-17(18,19)20/h2-7H,8H2,1H3,(H3,21,22,23,24,25). The Morgan fingerprint density at radius 1 is 1.07 bits per heavy atom. The molecule has 0 aliphatic heterocycles. The zero-order valence-electron chi connectivity index (χ0n) is 14.5. The molecule has 1 aromatic carbocycles. The summed E-state index contributed by atoms with van der Waals surface area (Å²) < 4.78 is 43.0. The zero-order chi connectivity index (χ0) is 19.7. The molecule has 0 aliphatic rings. The van der Waals surface area contributed by atoms with Crippen molar-refractivity contribution in [1.29, 1.82) is 0 Å². The molecule has 3 heterocycles. The van der Waals surface area contributed by atoms with Crippen LogP contribution in [0, 0.1) is 6.92 Å². The van der Waals surface area contributed by atoms with Gasteiger partial charge in [0.2, 0.25) is 17.7 Å². The summed E-state index contributed by atoms with van der Waals surface area (Å²) in [5.41, 5.74) is 1.80. The van der Waals surface area contributed by atoms with E-state index in [-0.39, 0.29) is 11.8 Å². The fourth-order valence-electron chi connectivity index (χ4n) is 2.55. The monoisotopic (exact) mass is 389 g/mol. The highest BCUT2D eigenvalue weighted by atomic mass is 19.4. The molecule has 0 aliphatic carbocycles. The van der Waals surface area contributed by atoms with Crippen LogP contribution < -0.4 is 10.6 Å². The number of aryl methyl sites for hydroxylation is 1. The van der Waals surface area contributed by atoms with E-state index in [0.717, 1.165) is 5.56 Å². The predicted octanol–water partition coefficient (Wildman–Crippen LogP) is 4.03. The van der Waals surface area contributed by atoms with Crippen LogP contribution in [0.15, 0.2) is 40.9 Å². The number of hydrogen-bond acceptors (Lipinski definition) is 7. The SMILES string of the molecule is Cc1nnc(-c2ccc(Nc3nc(NCC(F)(F)F)c4cc[nH]c4n3)cc2)o1. The molecule has 0 radical (unpaired) electrons. The molecule has 28 heavy (non-hydrogen) atoms. The molecule has 0 saturated heterocycles. The van der Waals surface area contributed by atoms with E-state index < -0.39 is 12.7 Å². The van der Waals surface area contributed by atoms with E-state index in [1.807, 2.05) is 0 Å². The number of nitrogens with zero attached hydrogens (tertiary/aromatic N) is 4. The summed E-state index contributed by atoms with van der Waals surface area (Å²) in [6.45, 7) is 0.507. The van der Waals surface area contributed by atoms with Crippen molar-refractivity contribution in [2.75, 3.05) is 17.2 Å². The van der Waals surface area contributed by atoms with Gasteiger partial charge in [0.05, 0.1) is 5.39 Å². The quantitative estimate of drug-likeness (QED) is 0.473. The van der Waals surface area contributed by atoms with Gasteiger partial charge in [-0.25, -0.2) is 0 Å². The van der Waals surface area contributed by atoms with Crippen molar-refractivity contribution in [3.05, 3.63) is 42.4 Å². The van der Waals surface area contributed by atoms with Crippen LogP contribution >= 0.6 is 0 Å². The highest BCUT2D eigenvalue weighted by Crippen LogP contribution is 2.26. The Morgan fingerprint density at radius 3 is 2.54 bits per heavy atom. The van der Waals surface area contributed by atoms with Gasteiger partial charge < -0.3 is 20.0 Å². The first-order valence-corrected chi connectivity index (χ1v) is 8.21. The molecule has 8 nitrogen and oxygen atoms in total. The maximum Gasteiger partial charge on any atom is 0.405 e. The van der Waals surface area contributed by atoms with E-state index in [1.54, 1.807) is 43.5 Å². The first kappa shape index (κ1) is 17.8. The molecule has 0 bridgehead atoms. The van der Waals surface area contributed by atoms with Crippen LogP contribution in [0.1, 0.15) is 5.89 Å². The van der Waals surface area contributed by atoms with E-state index in [2.05, 4.69) is 35.8 Å². The number of fused-ring (bicyclic) bond motifs is 1. The first-order valence-electron chi connectivity index (χ1n) is 8.21. The molecular formula is C17H14F3N7O. The molecule has 144 valence electrons. The van der Waals surface area contributed by atoms with Crippen molar-refractivity contribution in [3.63, 3.8) is 0 Å². The van der Waals surface area contributed by atoms with Gasteiger partial charge in [-0.05, 0) is 30.3 Å². The Morgan fingerprint density at radius 2 is 1.86 bits per heavy atom. The van der Waals surface area contributed by atoms with Crippen molar-refractivity contribution in [1.82, 2.24) is 25.1 Å². The lowest BCUT2D eigenvalue weighted by Gasteiger charge is -2.12. The average molecular weight is 389 g/mol. The average Bonchev–Trinajstić information content (AvgIpc) is 3.28. The second-order valence-electron chi connectivity index (χ2n) is 5.93. The van der Waals surface area contributed by atoms with E-state index in [9.17, 15) is 13.2 Å². The highest BCUT2D eigenvalue weighted by molar-refractivity contribution is 5.88. The number of aromatic amines is 1. The van der Waals surface area contributed by atoms with E-state index >= 15 is 0 Å². The Labute approximate surface area is 156 Å². The third-order valence-corrected chi connectivity index (χ3v) is 3.79. The van der Waals surface area contributed by atoms with Gasteiger partial charge in [-0.15, -0.1) is 10.2 Å². The minimum Gasteiger partial charge on any atom is -0.421 e. The van der Waals surface area contributed by atoms with Crippen molar-refractivity contribution < 1.29 is 17.6 Å². The van der Waals surface area contributed by atoms with Gasteiger partial charge in [-0.3, -0.25) is 0 Å². The lowest BCUT2D eigenvalue weighted by atomic mass is 10.2. The summed E-state index contributed by atoms with van der Waals surface area (Å²) in [4.78, 5) is 11.3. The number of benzene rings is 1. The summed E-state index contributed by atoms with van der Waals surface area (Å²) in [5, 5.41) is 13.5.